The van der Waals surface area contributed by atoms with Crippen LogP contribution >= 0.6 is 0 Å². The molecule has 16 heavy (non-hydrogen) atoms. The minimum absolute atomic E-state index is 0.0331. The largest absolute Gasteiger partial charge is 0.394 e. The standard InChI is InChI=1S/C13H19NO2/c1-10-2-4-11(5-3-10)6-12-9-16-13(8-15)7-14-12/h2-5,12-15H,6-9H2,1H3. The van der Waals surface area contributed by atoms with Gasteiger partial charge in [-0.15, -0.1) is 0 Å². The molecule has 1 heterocycles. The Kier molecular flexibility index (Phi) is 3.93. The van der Waals surface area contributed by atoms with E-state index in [1.807, 2.05) is 0 Å². The van der Waals surface area contributed by atoms with Crippen molar-refractivity contribution in [2.45, 2.75) is 25.5 Å². The molecule has 88 valence electrons. The van der Waals surface area contributed by atoms with Crippen LogP contribution in [0.2, 0.25) is 0 Å². The first kappa shape index (κ1) is 11.6. The molecule has 2 N–H and O–H groups in total. The van der Waals surface area contributed by atoms with Gasteiger partial charge in [-0.2, -0.15) is 0 Å². The first-order chi connectivity index (χ1) is 7.78. The van der Waals surface area contributed by atoms with Crippen LogP contribution in [0.25, 0.3) is 0 Å². The van der Waals surface area contributed by atoms with Crippen molar-refractivity contribution < 1.29 is 9.84 Å². The van der Waals surface area contributed by atoms with E-state index in [2.05, 4.69) is 36.5 Å². The molecule has 0 aromatic heterocycles. The van der Waals surface area contributed by atoms with Gasteiger partial charge in [0.2, 0.25) is 0 Å². The number of aliphatic hydroxyl groups is 1. The predicted molar refractivity (Wildman–Crippen MR) is 63.5 cm³/mol. The number of rotatable bonds is 3. The van der Waals surface area contributed by atoms with Crippen LogP contribution in [-0.4, -0.2) is 37.0 Å². The summed E-state index contributed by atoms with van der Waals surface area (Å²) in [7, 11) is 0. The summed E-state index contributed by atoms with van der Waals surface area (Å²) >= 11 is 0. The molecule has 0 spiro atoms. The van der Waals surface area contributed by atoms with Crippen molar-refractivity contribution in [2.75, 3.05) is 19.8 Å². The Balaban J connectivity index is 1.84. The highest BCUT2D eigenvalue weighted by Crippen LogP contribution is 2.09. The van der Waals surface area contributed by atoms with Crippen LogP contribution in [-0.2, 0) is 11.2 Å². The molecule has 1 saturated heterocycles. The SMILES string of the molecule is Cc1ccc(CC2COC(CO)CN2)cc1. The van der Waals surface area contributed by atoms with E-state index in [1.165, 1.54) is 11.1 Å². The number of aryl methyl sites for hydroxylation is 1. The highest BCUT2D eigenvalue weighted by molar-refractivity contribution is 5.22. The van der Waals surface area contributed by atoms with E-state index < -0.39 is 0 Å². The van der Waals surface area contributed by atoms with Gasteiger partial charge in [0.05, 0.1) is 19.3 Å². The number of nitrogens with one attached hydrogen (secondary N) is 1. The molecule has 3 heteroatoms. The predicted octanol–water partition coefficient (Wildman–Crippen LogP) is 0.887. The molecule has 0 amide bonds. The molecule has 1 aliphatic rings. The fourth-order valence-electron chi connectivity index (χ4n) is 1.93. The second-order valence-electron chi connectivity index (χ2n) is 4.43. The maximum Gasteiger partial charge on any atom is 0.0930 e. The number of hydrogen-bond donors (Lipinski definition) is 2. The summed E-state index contributed by atoms with van der Waals surface area (Å²) in [5, 5.41) is 12.3. The molecule has 0 aliphatic carbocycles. The van der Waals surface area contributed by atoms with Crippen LogP contribution in [0.3, 0.4) is 0 Å². The van der Waals surface area contributed by atoms with Crippen molar-refractivity contribution in [3.63, 3.8) is 0 Å². The third-order valence-electron chi connectivity index (χ3n) is 2.97. The zero-order valence-electron chi connectivity index (χ0n) is 9.65. The minimum atomic E-state index is -0.0331. The number of morpholine rings is 1. The minimum Gasteiger partial charge on any atom is -0.394 e. The van der Waals surface area contributed by atoms with Crippen molar-refractivity contribution >= 4 is 0 Å². The Morgan fingerprint density at radius 2 is 2.12 bits per heavy atom. The Morgan fingerprint density at radius 1 is 1.38 bits per heavy atom. The Morgan fingerprint density at radius 3 is 2.69 bits per heavy atom. The molecule has 1 aromatic rings. The zero-order valence-corrected chi connectivity index (χ0v) is 9.65. The third kappa shape index (κ3) is 3.04. The van der Waals surface area contributed by atoms with E-state index in [1.54, 1.807) is 0 Å². The summed E-state index contributed by atoms with van der Waals surface area (Å²) in [6.45, 7) is 3.62. The summed E-state index contributed by atoms with van der Waals surface area (Å²) in [5.41, 5.74) is 2.62. The maximum absolute atomic E-state index is 8.93. The van der Waals surface area contributed by atoms with Crippen molar-refractivity contribution in [1.82, 2.24) is 5.32 Å². The smallest absolute Gasteiger partial charge is 0.0930 e. The van der Waals surface area contributed by atoms with E-state index in [0.717, 1.165) is 13.0 Å². The number of ether oxygens (including phenoxy) is 1. The first-order valence-corrected chi connectivity index (χ1v) is 5.79. The number of hydrogen-bond acceptors (Lipinski definition) is 3. The van der Waals surface area contributed by atoms with Gasteiger partial charge < -0.3 is 15.2 Å². The van der Waals surface area contributed by atoms with E-state index in [9.17, 15) is 0 Å². The Hall–Kier alpha value is -0.900. The molecule has 1 aliphatic heterocycles. The normalized spacial score (nSPS) is 25.6. The second-order valence-corrected chi connectivity index (χ2v) is 4.43. The van der Waals surface area contributed by atoms with Crippen LogP contribution < -0.4 is 5.32 Å². The molecule has 0 saturated carbocycles. The molecule has 3 nitrogen and oxygen atoms in total. The van der Waals surface area contributed by atoms with Gasteiger partial charge >= 0.3 is 0 Å². The molecule has 0 radical (unpaired) electrons. The van der Waals surface area contributed by atoms with E-state index in [-0.39, 0.29) is 12.7 Å². The lowest BCUT2D eigenvalue weighted by molar-refractivity contribution is -0.0252. The third-order valence-corrected chi connectivity index (χ3v) is 2.97. The van der Waals surface area contributed by atoms with Crippen LogP contribution in [0.15, 0.2) is 24.3 Å². The van der Waals surface area contributed by atoms with Crippen molar-refractivity contribution in [3.8, 4) is 0 Å². The molecular formula is C13H19NO2. The van der Waals surface area contributed by atoms with Gasteiger partial charge in [-0.1, -0.05) is 29.8 Å². The van der Waals surface area contributed by atoms with E-state index in [0.29, 0.717) is 12.6 Å². The van der Waals surface area contributed by atoms with Gasteiger partial charge in [-0.05, 0) is 18.9 Å². The zero-order chi connectivity index (χ0) is 11.4. The lowest BCUT2D eigenvalue weighted by Gasteiger charge is -2.29. The highest BCUT2D eigenvalue weighted by Gasteiger charge is 2.20. The lowest BCUT2D eigenvalue weighted by Crippen LogP contribution is -2.48. The van der Waals surface area contributed by atoms with Gasteiger partial charge in [0, 0.05) is 12.6 Å². The number of benzene rings is 1. The average molecular weight is 221 g/mol. The monoisotopic (exact) mass is 221 g/mol. The van der Waals surface area contributed by atoms with Gasteiger partial charge in [0.15, 0.2) is 0 Å². The van der Waals surface area contributed by atoms with Crippen molar-refractivity contribution in [2.24, 2.45) is 0 Å². The molecule has 2 unspecified atom stereocenters. The van der Waals surface area contributed by atoms with Gasteiger partial charge in [0.25, 0.3) is 0 Å². The molecule has 1 aromatic carbocycles. The summed E-state index contributed by atoms with van der Waals surface area (Å²) in [4.78, 5) is 0. The van der Waals surface area contributed by atoms with Gasteiger partial charge in [0.1, 0.15) is 0 Å². The van der Waals surface area contributed by atoms with E-state index in [4.69, 9.17) is 9.84 Å². The molecule has 0 bridgehead atoms. The van der Waals surface area contributed by atoms with Crippen LogP contribution in [0.5, 0.6) is 0 Å². The topological polar surface area (TPSA) is 41.5 Å². The molecule has 2 atom stereocenters. The summed E-state index contributed by atoms with van der Waals surface area (Å²) in [6, 6.07) is 8.96. The lowest BCUT2D eigenvalue weighted by atomic mass is 10.0. The quantitative estimate of drug-likeness (QED) is 0.796. The summed E-state index contributed by atoms with van der Waals surface area (Å²) in [5.74, 6) is 0. The Bertz CT molecular complexity index is 315. The summed E-state index contributed by atoms with van der Waals surface area (Å²) in [6.07, 6.45) is 0.951. The van der Waals surface area contributed by atoms with Gasteiger partial charge in [-0.25, -0.2) is 0 Å². The fourth-order valence-corrected chi connectivity index (χ4v) is 1.93. The van der Waals surface area contributed by atoms with Crippen molar-refractivity contribution in [3.05, 3.63) is 35.4 Å². The van der Waals surface area contributed by atoms with Crippen LogP contribution in [0.1, 0.15) is 11.1 Å². The molecule has 2 rings (SSSR count). The fraction of sp³-hybridized carbons (Fsp3) is 0.538. The molecular weight excluding hydrogens is 202 g/mol. The van der Waals surface area contributed by atoms with E-state index >= 15 is 0 Å². The van der Waals surface area contributed by atoms with Gasteiger partial charge in [-0.3, -0.25) is 0 Å². The summed E-state index contributed by atoms with van der Waals surface area (Å²) < 4.78 is 5.52. The maximum atomic E-state index is 8.93. The molecule has 1 fully saturated rings. The highest BCUT2D eigenvalue weighted by atomic mass is 16.5. The average Bonchev–Trinajstić information content (AvgIpc) is 2.33. The van der Waals surface area contributed by atoms with Crippen LogP contribution in [0, 0.1) is 6.92 Å². The first-order valence-electron chi connectivity index (χ1n) is 5.79. The number of aliphatic hydroxyl groups excluding tert-OH is 1. The second kappa shape index (κ2) is 5.43. The Labute approximate surface area is 96.4 Å². The van der Waals surface area contributed by atoms with Crippen molar-refractivity contribution in [1.29, 1.82) is 0 Å². The van der Waals surface area contributed by atoms with Crippen LogP contribution in [0.4, 0.5) is 0 Å².